The van der Waals surface area contributed by atoms with Gasteiger partial charge < -0.3 is 24.5 Å². The molecule has 1 aliphatic rings. The van der Waals surface area contributed by atoms with E-state index in [1.54, 1.807) is 12.1 Å². The van der Waals surface area contributed by atoms with Crippen LogP contribution in [-0.2, 0) is 4.79 Å². The van der Waals surface area contributed by atoms with Gasteiger partial charge in [-0.3, -0.25) is 9.59 Å². The lowest BCUT2D eigenvalue weighted by molar-refractivity contribution is -0.116. The number of anilines is 1. The van der Waals surface area contributed by atoms with Gasteiger partial charge in [-0.05, 0) is 12.5 Å². The molecule has 2 heterocycles. The van der Waals surface area contributed by atoms with E-state index in [9.17, 15) is 9.59 Å². The van der Waals surface area contributed by atoms with Crippen LogP contribution in [0, 0.1) is 0 Å². The van der Waals surface area contributed by atoms with E-state index >= 15 is 0 Å². The summed E-state index contributed by atoms with van der Waals surface area (Å²) in [4.78, 5) is 32.5. The summed E-state index contributed by atoms with van der Waals surface area (Å²) in [6.07, 6.45) is 1.05. The van der Waals surface area contributed by atoms with E-state index in [1.807, 2.05) is 6.92 Å². The summed E-state index contributed by atoms with van der Waals surface area (Å²) in [7, 11) is 4.59. The summed E-state index contributed by atoms with van der Waals surface area (Å²) in [6.45, 7) is 2.05. The highest BCUT2D eigenvalue weighted by molar-refractivity contribution is 7.99. The van der Waals surface area contributed by atoms with E-state index in [0.29, 0.717) is 39.3 Å². The molecule has 2 N–H and O–H groups in total. The molecule has 3 rings (SSSR count). The van der Waals surface area contributed by atoms with Crippen LogP contribution in [0.4, 0.5) is 5.82 Å². The number of ether oxygens (including phenoxy) is 3. The molecule has 1 aromatic heterocycles. The number of benzene rings is 1. The Morgan fingerprint density at radius 3 is 2.43 bits per heavy atom. The number of methoxy groups -OCH3 is 3. The van der Waals surface area contributed by atoms with Crippen molar-refractivity contribution >= 4 is 23.5 Å². The summed E-state index contributed by atoms with van der Waals surface area (Å²) >= 11 is 1.45. The van der Waals surface area contributed by atoms with Crippen molar-refractivity contribution in [1.29, 1.82) is 0 Å². The van der Waals surface area contributed by atoms with Crippen LogP contribution in [0.1, 0.15) is 36.8 Å². The SMILES string of the molecule is CCCSc1nc2c(c(=O)[nH]1)[C@@H](c1cc(OC)c(OC)cc1OC)CC(=O)N2. The average molecular weight is 405 g/mol. The number of fused-ring (bicyclic) bond motifs is 1. The predicted octanol–water partition coefficient (Wildman–Crippen LogP) is 2.77. The van der Waals surface area contributed by atoms with Crippen molar-refractivity contribution < 1.29 is 19.0 Å². The van der Waals surface area contributed by atoms with Gasteiger partial charge in [-0.25, -0.2) is 4.98 Å². The number of nitrogens with one attached hydrogen (secondary N) is 2. The highest BCUT2D eigenvalue weighted by atomic mass is 32.2. The highest BCUT2D eigenvalue weighted by Crippen LogP contribution is 2.43. The van der Waals surface area contributed by atoms with Gasteiger partial charge in [0, 0.05) is 29.7 Å². The summed E-state index contributed by atoms with van der Waals surface area (Å²) in [5.41, 5.74) is 0.800. The fourth-order valence-corrected chi connectivity index (χ4v) is 3.93. The molecule has 0 aliphatic carbocycles. The third kappa shape index (κ3) is 3.80. The molecule has 1 aromatic carbocycles. The van der Waals surface area contributed by atoms with Crippen LogP contribution in [-0.4, -0.2) is 43.0 Å². The zero-order chi connectivity index (χ0) is 20.3. The van der Waals surface area contributed by atoms with Gasteiger partial charge in [-0.1, -0.05) is 18.7 Å². The van der Waals surface area contributed by atoms with Gasteiger partial charge in [0.25, 0.3) is 5.56 Å². The third-order valence-corrected chi connectivity index (χ3v) is 5.56. The predicted molar refractivity (Wildman–Crippen MR) is 107 cm³/mol. The number of nitrogens with zero attached hydrogens (tertiary/aromatic N) is 1. The van der Waals surface area contributed by atoms with Gasteiger partial charge in [-0.2, -0.15) is 0 Å². The maximum absolute atomic E-state index is 12.9. The van der Waals surface area contributed by atoms with Crippen LogP contribution >= 0.6 is 11.8 Å². The molecule has 0 saturated heterocycles. The lowest BCUT2D eigenvalue weighted by Crippen LogP contribution is -2.31. The van der Waals surface area contributed by atoms with Gasteiger partial charge in [0.05, 0.1) is 26.9 Å². The van der Waals surface area contributed by atoms with Crippen LogP contribution in [0.5, 0.6) is 17.2 Å². The smallest absolute Gasteiger partial charge is 0.257 e. The molecule has 8 nitrogen and oxygen atoms in total. The number of amides is 1. The number of thioether (sulfide) groups is 1. The molecule has 1 atom stereocenters. The molecule has 0 saturated carbocycles. The molecule has 0 spiro atoms. The maximum atomic E-state index is 12.9. The van der Waals surface area contributed by atoms with Crippen molar-refractivity contribution in [2.24, 2.45) is 0 Å². The molecule has 0 unspecified atom stereocenters. The van der Waals surface area contributed by atoms with Gasteiger partial charge in [0.1, 0.15) is 11.6 Å². The molecule has 9 heteroatoms. The van der Waals surface area contributed by atoms with Crippen molar-refractivity contribution in [2.75, 3.05) is 32.4 Å². The third-order valence-electron chi connectivity index (χ3n) is 4.48. The summed E-state index contributed by atoms with van der Waals surface area (Å²) in [6, 6.07) is 3.43. The van der Waals surface area contributed by atoms with Gasteiger partial charge in [0.2, 0.25) is 5.91 Å². The van der Waals surface area contributed by atoms with Crippen molar-refractivity contribution in [3.63, 3.8) is 0 Å². The number of hydrogen-bond donors (Lipinski definition) is 2. The number of hydrogen-bond acceptors (Lipinski definition) is 7. The van der Waals surface area contributed by atoms with Crippen molar-refractivity contribution in [1.82, 2.24) is 9.97 Å². The van der Waals surface area contributed by atoms with E-state index in [2.05, 4.69) is 15.3 Å². The van der Waals surface area contributed by atoms with E-state index in [0.717, 1.165) is 12.2 Å². The van der Waals surface area contributed by atoms with E-state index < -0.39 is 5.92 Å². The Bertz CT molecular complexity index is 944. The minimum atomic E-state index is -0.514. The molecule has 0 radical (unpaired) electrons. The molecule has 2 aromatic rings. The number of carbonyl (C=O) groups excluding carboxylic acids is 1. The van der Waals surface area contributed by atoms with Crippen LogP contribution < -0.4 is 25.1 Å². The first-order valence-corrected chi connectivity index (χ1v) is 9.87. The maximum Gasteiger partial charge on any atom is 0.257 e. The summed E-state index contributed by atoms with van der Waals surface area (Å²) in [5.74, 6) is 1.89. The normalized spacial score (nSPS) is 15.6. The second kappa shape index (κ2) is 8.55. The number of aromatic amines is 1. The Morgan fingerprint density at radius 2 is 1.79 bits per heavy atom. The van der Waals surface area contributed by atoms with Gasteiger partial charge >= 0.3 is 0 Å². The Balaban J connectivity index is 2.15. The molecule has 150 valence electrons. The van der Waals surface area contributed by atoms with Crippen LogP contribution in [0.15, 0.2) is 22.1 Å². The monoisotopic (exact) mass is 405 g/mol. The molecule has 1 amide bonds. The minimum Gasteiger partial charge on any atom is -0.496 e. The molecular formula is C19H23N3O5S. The molecule has 28 heavy (non-hydrogen) atoms. The number of H-pyrrole nitrogens is 1. The first-order valence-electron chi connectivity index (χ1n) is 8.89. The molecule has 0 bridgehead atoms. The average Bonchev–Trinajstić information content (AvgIpc) is 2.70. The first-order chi connectivity index (χ1) is 13.5. The lowest BCUT2D eigenvalue weighted by Gasteiger charge is -2.26. The number of rotatable bonds is 7. The second-order valence-corrected chi connectivity index (χ2v) is 7.32. The summed E-state index contributed by atoms with van der Waals surface area (Å²) < 4.78 is 16.2. The van der Waals surface area contributed by atoms with Crippen LogP contribution in [0.2, 0.25) is 0 Å². The van der Waals surface area contributed by atoms with Crippen molar-refractivity contribution in [2.45, 2.75) is 30.8 Å². The van der Waals surface area contributed by atoms with Crippen LogP contribution in [0.3, 0.4) is 0 Å². The molecular weight excluding hydrogens is 382 g/mol. The quantitative estimate of drug-likeness (QED) is 0.539. The molecule has 0 fully saturated rings. The highest BCUT2D eigenvalue weighted by Gasteiger charge is 2.33. The van der Waals surface area contributed by atoms with Crippen molar-refractivity contribution in [3.8, 4) is 17.2 Å². The Morgan fingerprint density at radius 1 is 1.11 bits per heavy atom. The second-order valence-electron chi connectivity index (χ2n) is 6.24. The fraction of sp³-hybridized carbons (Fsp3) is 0.421. The first kappa shape index (κ1) is 20.1. The Hall–Kier alpha value is -2.68. The van der Waals surface area contributed by atoms with E-state index in [4.69, 9.17) is 14.2 Å². The van der Waals surface area contributed by atoms with Gasteiger partial charge in [0.15, 0.2) is 16.7 Å². The topological polar surface area (TPSA) is 103 Å². The standard InChI is InChI=1S/C19H23N3O5S/c1-5-6-28-19-21-17-16(18(24)22-19)11(8-15(23)20-17)10-7-13(26-3)14(27-4)9-12(10)25-2/h7,9,11H,5-6,8H2,1-4H3,(H2,20,21,22,23,24)/t11-/m1/s1. The minimum absolute atomic E-state index is 0.102. The van der Waals surface area contributed by atoms with E-state index in [1.165, 1.54) is 33.1 Å². The lowest BCUT2D eigenvalue weighted by atomic mass is 9.86. The largest absolute Gasteiger partial charge is 0.496 e. The van der Waals surface area contributed by atoms with Gasteiger partial charge in [-0.15, -0.1) is 0 Å². The fourth-order valence-electron chi connectivity index (χ4n) is 3.21. The molecule has 1 aliphatic heterocycles. The van der Waals surface area contributed by atoms with E-state index in [-0.39, 0.29) is 17.9 Å². The Kier molecular flexibility index (Phi) is 6.13. The summed E-state index contributed by atoms with van der Waals surface area (Å²) in [5, 5.41) is 3.22. The van der Waals surface area contributed by atoms with Crippen molar-refractivity contribution in [3.05, 3.63) is 33.6 Å². The Labute approximate surface area is 167 Å². The zero-order valence-corrected chi connectivity index (χ0v) is 17.1. The van der Waals surface area contributed by atoms with Crippen LogP contribution in [0.25, 0.3) is 0 Å². The number of carbonyl (C=O) groups is 1. The zero-order valence-electron chi connectivity index (χ0n) is 16.3. The number of aromatic nitrogens is 2.